The van der Waals surface area contributed by atoms with Crippen molar-refractivity contribution >= 4 is 5.91 Å². The number of nitrogens with one attached hydrogen (secondary N) is 2. The molecule has 6 nitrogen and oxygen atoms in total. The van der Waals surface area contributed by atoms with E-state index in [9.17, 15) is 18.0 Å². The molecule has 3 atom stereocenters. The quantitative estimate of drug-likeness (QED) is 0.699. The summed E-state index contributed by atoms with van der Waals surface area (Å²) in [6, 6.07) is 5.88. The van der Waals surface area contributed by atoms with Gasteiger partial charge in [-0.15, -0.1) is 0 Å². The lowest BCUT2D eigenvalue weighted by atomic mass is 9.82. The number of halogens is 3. The third kappa shape index (κ3) is 5.20. The van der Waals surface area contributed by atoms with Crippen molar-refractivity contribution in [1.29, 1.82) is 0 Å². The minimum atomic E-state index is -4.60. The van der Waals surface area contributed by atoms with Gasteiger partial charge < -0.3 is 15.4 Å². The van der Waals surface area contributed by atoms with Gasteiger partial charge in [0.15, 0.2) is 0 Å². The molecule has 0 bridgehead atoms. The van der Waals surface area contributed by atoms with E-state index in [1.165, 1.54) is 12.3 Å². The van der Waals surface area contributed by atoms with Gasteiger partial charge in [-0.1, -0.05) is 6.07 Å². The molecule has 174 valence electrons. The Labute approximate surface area is 186 Å². The molecule has 1 saturated heterocycles. The van der Waals surface area contributed by atoms with Crippen LogP contribution in [0.4, 0.5) is 13.2 Å². The number of aromatic nitrogens is 2. The Morgan fingerprint density at radius 3 is 2.59 bits per heavy atom. The Morgan fingerprint density at radius 1 is 1.22 bits per heavy atom. The summed E-state index contributed by atoms with van der Waals surface area (Å²) in [5.74, 6) is -0.770. The summed E-state index contributed by atoms with van der Waals surface area (Å²) in [5.41, 5.74) is -0.0880. The standard InChI is InChI=1S/C23H29F3N4O2/c1-14-16(7-5-10-28-14)17-13-27-12-9-19(17)30-21(31)22(3,4)15(2)32-20-18(23(24,25)26)8-6-11-29-20/h5-8,10-11,15,17,19,27H,9,12-13H2,1-4H3,(H,30,31). The number of rotatable bonds is 6. The number of aryl methyl sites for hydroxylation is 1. The maximum Gasteiger partial charge on any atom is 0.421 e. The molecule has 9 heteroatoms. The number of hydrogen-bond donors (Lipinski definition) is 2. The van der Waals surface area contributed by atoms with Crippen molar-refractivity contribution in [2.75, 3.05) is 13.1 Å². The number of alkyl halides is 3. The molecule has 2 aromatic heterocycles. The van der Waals surface area contributed by atoms with Gasteiger partial charge in [0.2, 0.25) is 11.8 Å². The molecule has 0 aromatic carbocycles. The fraction of sp³-hybridized carbons (Fsp3) is 0.522. The smallest absolute Gasteiger partial charge is 0.421 e. The molecular weight excluding hydrogens is 421 g/mol. The second-order valence-electron chi connectivity index (χ2n) is 8.69. The third-order valence-electron chi connectivity index (χ3n) is 6.21. The monoisotopic (exact) mass is 450 g/mol. The Kier molecular flexibility index (Phi) is 7.07. The van der Waals surface area contributed by atoms with Crippen LogP contribution in [0.25, 0.3) is 0 Å². The van der Waals surface area contributed by atoms with E-state index in [4.69, 9.17) is 4.74 Å². The van der Waals surface area contributed by atoms with Crippen molar-refractivity contribution in [3.8, 4) is 5.88 Å². The van der Waals surface area contributed by atoms with Crippen LogP contribution >= 0.6 is 0 Å². The SMILES string of the molecule is Cc1ncccc1C1CNCCC1NC(=O)C(C)(C)C(C)Oc1ncccc1C(F)(F)F. The zero-order valence-electron chi connectivity index (χ0n) is 18.7. The Bertz CT molecular complexity index is 949. The summed E-state index contributed by atoms with van der Waals surface area (Å²) >= 11 is 0. The first kappa shape index (κ1) is 24.0. The van der Waals surface area contributed by atoms with Crippen molar-refractivity contribution < 1.29 is 22.7 Å². The number of pyridine rings is 2. The van der Waals surface area contributed by atoms with Gasteiger partial charge in [0.25, 0.3) is 0 Å². The number of carbonyl (C=O) groups excluding carboxylic acids is 1. The highest BCUT2D eigenvalue weighted by Crippen LogP contribution is 2.36. The summed E-state index contributed by atoms with van der Waals surface area (Å²) in [6.45, 7) is 8.31. The van der Waals surface area contributed by atoms with Gasteiger partial charge in [0.1, 0.15) is 11.7 Å². The van der Waals surface area contributed by atoms with E-state index < -0.39 is 29.1 Å². The lowest BCUT2D eigenvalue weighted by molar-refractivity contribution is -0.141. The van der Waals surface area contributed by atoms with Gasteiger partial charge in [0, 0.05) is 36.6 Å². The van der Waals surface area contributed by atoms with E-state index in [2.05, 4.69) is 20.6 Å². The molecule has 1 amide bonds. The summed E-state index contributed by atoms with van der Waals surface area (Å²) in [4.78, 5) is 21.3. The van der Waals surface area contributed by atoms with Crippen LogP contribution in [-0.4, -0.2) is 41.1 Å². The number of nitrogens with zero attached hydrogens (tertiary/aromatic N) is 2. The van der Waals surface area contributed by atoms with Gasteiger partial charge in [-0.3, -0.25) is 9.78 Å². The predicted molar refractivity (Wildman–Crippen MR) is 114 cm³/mol. The van der Waals surface area contributed by atoms with Crippen LogP contribution in [-0.2, 0) is 11.0 Å². The minimum Gasteiger partial charge on any atom is -0.473 e. The van der Waals surface area contributed by atoms with Crippen LogP contribution in [0, 0.1) is 12.3 Å². The van der Waals surface area contributed by atoms with E-state index in [-0.39, 0.29) is 17.9 Å². The Morgan fingerprint density at radius 2 is 1.91 bits per heavy atom. The van der Waals surface area contributed by atoms with Gasteiger partial charge in [-0.25, -0.2) is 4.98 Å². The van der Waals surface area contributed by atoms with E-state index in [0.717, 1.165) is 30.3 Å². The van der Waals surface area contributed by atoms with E-state index in [1.807, 2.05) is 19.1 Å². The maximum absolute atomic E-state index is 13.3. The minimum absolute atomic E-state index is 0.0426. The van der Waals surface area contributed by atoms with Crippen LogP contribution in [0.1, 0.15) is 49.9 Å². The largest absolute Gasteiger partial charge is 0.473 e. The number of hydrogen-bond acceptors (Lipinski definition) is 5. The van der Waals surface area contributed by atoms with E-state index in [0.29, 0.717) is 6.54 Å². The van der Waals surface area contributed by atoms with Crippen LogP contribution < -0.4 is 15.4 Å². The highest BCUT2D eigenvalue weighted by Gasteiger charge is 2.41. The van der Waals surface area contributed by atoms with Crippen LogP contribution in [0.3, 0.4) is 0 Å². The zero-order chi connectivity index (χ0) is 23.5. The molecule has 32 heavy (non-hydrogen) atoms. The lowest BCUT2D eigenvalue weighted by Crippen LogP contribution is -2.54. The predicted octanol–water partition coefficient (Wildman–Crippen LogP) is 3.86. The van der Waals surface area contributed by atoms with Crippen LogP contribution in [0.15, 0.2) is 36.7 Å². The number of amides is 1. The molecule has 2 aromatic rings. The lowest BCUT2D eigenvalue weighted by Gasteiger charge is -2.37. The number of ether oxygens (including phenoxy) is 1. The normalized spacial score (nSPS) is 20.5. The molecule has 1 aliphatic heterocycles. The molecule has 1 fully saturated rings. The molecule has 1 aliphatic rings. The fourth-order valence-electron chi connectivity index (χ4n) is 3.80. The molecule has 0 aliphatic carbocycles. The zero-order valence-corrected chi connectivity index (χ0v) is 18.7. The fourth-order valence-corrected chi connectivity index (χ4v) is 3.80. The second kappa shape index (κ2) is 9.44. The van der Waals surface area contributed by atoms with Crippen molar-refractivity contribution in [1.82, 2.24) is 20.6 Å². The van der Waals surface area contributed by atoms with Gasteiger partial charge in [-0.05, 0) is 64.4 Å². The molecule has 3 heterocycles. The molecule has 0 saturated carbocycles. The van der Waals surface area contributed by atoms with Gasteiger partial charge in [0.05, 0.1) is 5.41 Å². The molecule has 0 radical (unpaired) electrons. The van der Waals surface area contributed by atoms with Gasteiger partial charge in [-0.2, -0.15) is 13.2 Å². The Hall–Kier alpha value is -2.68. The molecule has 2 N–H and O–H groups in total. The van der Waals surface area contributed by atoms with Crippen LogP contribution in [0.2, 0.25) is 0 Å². The summed E-state index contributed by atoms with van der Waals surface area (Å²) in [7, 11) is 0. The first-order chi connectivity index (χ1) is 15.0. The number of carbonyl (C=O) groups is 1. The highest BCUT2D eigenvalue weighted by molar-refractivity contribution is 5.83. The molecule has 3 rings (SSSR count). The average Bonchev–Trinajstić information content (AvgIpc) is 2.74. The average molecular weight is 451 g/mol. The number of piperidine rings is 1. The topological polar surface area (TPSA) is 76.1 Å². The molecular formula is C23H29F3N4O2. The van der Waals surface area contributed by atoms with Crippen molar-refractivity contribution in [3.63, 3.8) is 0 Å². The first-order valence-electron chi connectivity index (χ1n) is 10.6. The van der Waals surface area contributed by atoms with Gasteiger partial charge >= 0.3 is 6.18 Å². The summed E-state index contributed by atoms with van der Waals surface area (Å²) in [6.07, 6.45) is -1.75. The van der Waals surface area contributed by atoms with Crippen molar-refractivity contribution in [2.45, 2.75) is 58.4 Å². The van der Waals surface area contributed by atoms with Crippen LogP contribution in [0.5, 0.6) is 5.88 Å². The van der Waals surface area contributed by atoms with E-state index >= 15 is 0 Å². The maximum atomic E-state index is 13.3. The molecule has 3 unspecified atom stereocenters. The third-order valence-corrected chi connectivity index (χ3v) is 6.21. The first-order valence-corrected chi connectivity index (χ1v) is 10.6. The Balaban J connectivity index is 1.75. The summed E-state index contributed by atoms with van der Waals surface area (Å²) in [5, 5.41) is 6.48. The van der Waals surface area contributed by atoms with Crippen molar-refractivity contribution in [2.24, 2.45) is 5.41 Å². The van der Waals surface area contributed by atoms with E-state index in [1.54, 1.807) is 27.0 Å². The second-order valence-corrected chi connectivity index (χ2v) is 8.69. The van der Waals surface area contributed by atoms with Crippen molar-refractivity contribution in [3.05, 3.63) is 53.5 Å². The highest BCUT2D eigenvalue weighted by atomic mass is 19.4. The molecule has 0 spiro atoms. The summed E-state index contributed by atoms with van der Waals surface area (Å²) < 4.78 is 45.4.